The van der Waals surface area contributed by atoms with E-state index in [-0.39, 0.29) is 5.92 Å². The molecule has 0 saturated heterocycles. The van der Waals surface area contributed by atoms with Crippen LogP contribution in [0.2, 0.25) is 0 Å². The number of thioether (sulfide) groups is 1. The van der Waals surface area contributed by atoms with Gasteiger partial charge in [0, 0.05) is 6.20 Å². The molecule has 2 aromatic carbocycles. The number of benzene rings is 2. The van der Waals surface area contributed by atoms with Gasteiger partial charge in [0.15, 0.2) is 5.16 Å². The minimum Gasteiger partial charge on any atom is -0.280 e. The average Bonchev–Trinajstić information content (AvgIpc) is 2.90. The van der Waals surface area contributed by atoms with Gasteiger partial charge in [-0.2, -0.15) is 0 Å². The first-order chi connectivity index (χ1) is 11.4. The molecule has 3 aromatic rings. The largest absolute Gasteiger partial charge is 0.280 e. The number of nitrogens with zero attached hydrogens (tertiary/aromatic N) is 3. The summed E-state index contributed by atoms with van der Waals surface area (Å²) in [6.07, 6.45) is 4.25. The Morgan fingerprint density at radius 2 is 1.78 bits per heavy atom. The second-order valence-corrected chi connectivity index (χ2v) is 6.66. The van der Waals surface area contributed by atoms with Gasteiger partial charge in [0.1, 0.15) is 5.82 Å². The normalized spacial score (nSPS) is 15.8. The van der Waals surface area contributed by atoms with E-state index in [9.17, 15) is 0 Å². The van der Waals surface area contributed by atoms with Crippen molar-refractivity contribution in [3.05, 3.63) is 77.1 Å². The maximum atomic E-state index is 4.53. The maximum absolute atomic E-state index is 4.53. The Hall–Kier alpha value is -2.33. The Balaban J connectivity index is 1.96. The van der Waals surface area contributed by atoms with Crippen molar-refractivity contribution in [2.24, 2.45) is 0 Å². The third-order valence-electron chi connectivity index (χ3n) is 4.07. The minimum atomic E-state index is 0.0982. The summed E-state index contributed by atoms with van der Waals surface area (Å²) >= 11 is 1.72. The van der Waals surface area contributed by atoms with Gasteiger partial charge in [-0.25, -0.2) is 0 Å². The van der Waals surface area contributed by atoms with Crippen LogP contribution in [-0.2, 0) is 0 Å². The topological polar surface area (TPSA) is 30.7 Å². The summed E-state index contributed by atoms with van der Waals surface area (Å²) in [4.78, 5) is 0. The molecule has 23 heavy (non-hydrogen) atoms. The molecule has 3 nitrogen and oxygen atoms in total. The van der Waals surface area contributed by atoms with Crippen LogP contribution in [-0.4, -0.2) is 20.5 Å². The van der Waals surface area contributed by atoms with E-state index >= 15 is 0 Å². The molecule has 0 radical (unpaired) electrons. The van der Waals surface area contributed by atoms with Gasteiger partial charge in [0.2, 0.25) is 0 Å². The lowest BCUT2D eigenvalue weighted by atomic mass is 9.88. The number of aromatic nitrogens is 3. The van der Waals surface area contributed by atoms with E-state index in [4.69, 9.17) is 0 Å². The fourth-order valence-electron chi connectivity index (χ4n) is 3.05. The van der Waals surface area contributed by atoms with Crippen LogP contribution < -0.4 is 0 Å². The molecule has 0 bridgehead atoms. The van der Waals surface area contributed by atoms with E-state index in [1.54, 1.807) is 11.8 Å². The third-order valence-corrected chi connectivity index (χ3v) is 4.89. The van der Waals surface area contributed by atoms with Gasteiger partial charge in [-0.1, -0.05) is 73.3 Å². The highest BCUT2D eigenvalue weighted by Gasteiger charge is 2.27. The predicted octanol–water partition coefficient (Wildman–Crippen LogP) is 4.51. The van der Waals surface area contributed by atoms with Crippen LogP contribution in [0.15, 0.2) is 59.8 Å². The lowest BCUT2D eigenvalue weighted by Crippen LogP contribution is -2.09. The summed E-state index contributed by atoms with van der Waals surface area (Å²) in [5.41, 5.74) is 3.75. The van der Waals surface area contributed by atoms with Crippen molar-refractivity contribution in [3.8, 4) is 0 Å². The Labute approximate surface area is 140 Å². The zero-order valence-electron chi connectivity index (χ0n) is 12.9. The van der Waals surface area contributed by atoms with Crippen LogP contribution in [0, 0.1) is 0 Å². The fourth-order valence-corrected chi connectivity index (χ4v) is 3.70. The summed E-state index contributed by atoms with van der Waals surface area (Å²) in [6.45, 7) is 2.14. The summed E-state index contributed by atoms with van der Waals surface area (Å²) in [6, 6.07) is 19.1. The van der Waals surface area contributed by atoms with Crippen LogP contribution >= 0.6 is 11.8 Å². The van der Waals surface area contributed by atoms with Crippen molar-refractivity contribution in [2.45, 2.75) is 18.0 Å². The van der Waals surface area contributed by atoms with Crippen LogP contribution in [0.4, 0.5) is 0 Å². The van der Waals surface area contributed by atoms with E-state index < -0.39 is 0 Å². The zero-order valence-corrected chi connectivity index (χ0v) is 13.7. The molecule has 0 spiro atoms. The van der Waals surface area contributed by atoms with E-state index in [1.165, 1.54) is 16.7 Å². The van der Waals surface area contributed by atoms with E-state index in [0.29, 0.717) is 0 Å². The second kappa shape index (κ2) is 6.05. The molecule has 1 aliphatic rings. The van der Waals surface area contributed by atoms with E-state index in [2.05, 4.69) is 82.5 Å². The highest BCUT2D eigenvalue weighted by molar-refractivity contribution is 7.99. The van der Waals surface area contributed by atoms with Crippen molar-refractivity contribution in [2.75, 3.05) is 5.75 Å². The monoisotopic (exact) mass is 319 g/mol. The number of rotatable bonds is 3. The Bertz CT molecular complexity index is 852. The van der Waals surface area contributed by atoms with Crippen molar-refractivity contribution >= 4 is 24.0 Å². The molecule has 0 saturated carbocycles. The number of fused-ring (bicyclic) bond motifs is 2. The van der Waals surface area contributed by atoms with Gasteiger partial charge >= 0.3 is 0 Å². The molecule has 0 amide bonds. The van der Waals surface area contributed by atoms with Gasteiger partial charge in [0.25, 0.3) is 0 Å². The summed E-state index contributed by atoms with van der Waals surface area (Å²) in [7, 11) is 0. The summed E-state index contributed by atoms with van der Waals surface area (Å²) in [5, 5.41) is 9.89. The van der Waals surface area contributed by atoms with Crippen molar-refractivity contribution in [1.82, 2.24) is 14.8 Å². The molecule has 0 aliphatic carbocycles. The van der Waals surface area contributed by atoms with Crippen molar-refractivity contribution in [3.63, 3.8) is 0 Å². The highest BCUT2D eigenvalue weighted by Crippen LogP contribution is 2.37. The maximum Gasteiger partial charge on any atom is 0.195 e. The molecule has 1 aromatic heterocycles. The Morgan fingerprint density at radius 1 is 1.00 bits per heavy atom. The minimum absolute atomic E-state index is 0.0982. The molecule has 1 unspecified atom stereocenters. The molecule has 114 valence electrons. The first-order valence-corrected chi connectivity index (χ1v) is 8.76. The molecule has 4 rings (SSSR count). The standard InChI is InChI=1S/C19H17N3S/c1-2-23-19-21-20-18-17(15-9-4-3-5-10-15)16-11-7-6-8-14(16)12-13-22(18)19/h3-13,17H,2H2,1H3. The molecular formula is C19H17N3S. The van der Waals surface area contributed by atoms with Crippen molar-refractivity contribution in [1.29, 1.82) is 0 Å². The van der Waals surface area contributed by atoms with Gasteiger partial charge in [-0.05, 0) is 28.5 Å². The van der Waals surface area contributed by atoms with Gasteiger partial charge in [-0.3, -0.25) is 4.57 Å². The lowest BCUT2D eigenvalue weighted by Gasteiger charge is -2.17. The van der Waals surface area contributed by atoms with Gasteiger partial charge in [0.05, 0.1) is 5.92 Å². The fraction of sp³-hybridized carbons (Fsp3) is 0.158. The van der Waals surface area contributed by atoms with Crippen LogP contribution in [0.5, 0.6) is 0 Å². The predicted molar refractivity (Wildman–Crippen MR) is 95.5 cm³/mol. The summed E-state index contributed by atoms with van der Waals surface area (Å²) < 4.78 is 2.13. The molecule has 0 N–H and O–H groups in total. The molecule has 0 fully saturated rings. The van der Waals surface area contributed by atoms with Crippen LogP contribution in [0.25, 0.3) is 12.3 Å². The van der Waals surface area contributed by atoms with Crippen LogP contribution in [0.3, 0.4) is 0 Å². The molecule has 1 aliphatic heterocycles. The smallest absolute Gasteiger partial charge is 0.195 e. The molecule has 2 heterocycles. The van der Waals surface area contributed by atoms with E-state index in [1.807, 2.05) is 6.07 Å². The highest BCUT2D eigenvalue weighted by atomic mass is 32.2. The van der Waals surface area contributed by atoms with Crippen molar-refractivity contribution < 1.29 is 0 Å². The average molecular weight is 319 g/mol. The molecule has 1 atom stereocenters. The van der Waals surface area contributed by atoms with Gasteiger partial charge < -0.3 is 0 Å². The number of hydrogen-bond acceptors (Lipinski definition) is 3. The zero-order chi connectivity index (χ0) is 15.6. The summed E-state index contributed by atoms with van der Waals surface area (Å²) in [5.74, 6) is 2.06. The Morgan fingerprint density at radius 3 is 2.61 bits per heavy atom. The van der Waals surface area contributed by atoms with Crippen LogP contribution in [0.1, 0.15) is 35.4 Å². The molecular weight excluding hydrogens is 302 g/mol. The van der Waals surface area contributed by atoms with Gasteiger partial charge in [-0.15, -0.1) is 10.2 Å². The molecule has 4 heteroatoms. The lowest BCUT2D eigenvalue weighted by molar-refractivity contribution is 0.823. The van der Waals surface area contributed by atoms with E-state index in [0.717, 1.165) is 16.7 Å². The quantitative estimate of drug-likeness (QED) is 0.520. The first kappa shape index (κ1) is 14.3. The second-order valence-electron chi connectivity index (χ2n) is 5.43. The first-order valence-electron chi connectivity index (χ1n) is 7.78. The third kappa shape index (κ3) is 2.49. The SMILES string of the molecule is CCSc1nnc2n1C=Cc1ccccc1C2c1ccccc1. The Kier molecular flexibility index (Phi) is 3.75. The number of hydrogen-bond donors (Lipinski definition) is 0.